The van der Waals surface area contributed by atoms with E-state index in [1.165, 1.54) is 0 Å². The molecule has 0 bridgehead atoms. The van der Waals surface area contributed by atoms with Gasteiger partial charge in [-0.3, -0.25) is 14.1 Å². The molecule has 1 amide bonds. The monoisotopic (exact) mass is 423 g/mol. The van der Waals surface area contributed by atoms with E-state index in [0.29, 0.717) is 11.4 Å². The van der Waals surface area contributed by atoms with Gasteiger partial charge in [-0.15, -0.1) is 0 Å². The fraction of sp³-hybridized carbons (Fsp3) is 0.217. The Hall–Kier alpha value is -3.19. The van der Waals surface area contributed by atoms with Crippen LogP contribution < -0.4 is 9.62 Å². The van der Waals surface area contributed by atoms with E-state index in [4.69, 9.17) is 0 Å². The minimum atomic E-state index is -3.91. The number of anilines is 1. The lowest BCUT2D eigenvalue weighted by Crippen LogP contribution is -2.40. The molecule has 2 aromatic carbocycles. The van der Waals surface area contributed by atoms with Crippen LogP contribution in [0.2, 0.25) is 0 Å². The molecule has 6 nitrogen and oxygen atoms in total. The van der Waals surface area contributed by atoms with Crippen molar-refractivity contribution in [1.82, 2.24) is 10.3 Å². The van der Waals surface area contributed by atoms with Gasteiger partial charge >= 0.3 is 0 Å². The number of carbonyl (C=O) groups excluding carboxylic acids is 1. The van der Waals surface area contributed by atoms with Crippen LogP contribution in [0.3, 0.4) is 0 Å². The Morgan fingerprint density at radius 1 is 1.00 bits per heavy atom. The number of carbonyl (C=O) groups is 1. The normalized spacial score (nSPS) is 11.1. The highest BCUT2D eigenvalue weighted by molar-refractivity contribution is 7.92. The van der Waals surface area contributed by atoms with Crippen molar-refractivity contribution >= 4 is 21.6 Å². The number of amides is 1. The SMILES string of the molecule is CCc1ccc(N(CC(=O)NCc2ccccn2)S(=O)(=O)c2ccc(C)cc2)cc1. The van der Waals surface area contributed by atoms with Crippen molar-refractivity contribution in [3.8, 4) is 0 Å². The standard InChI is InChI=1S/C23H25N3O3S/c1-3-19-9-11-21(12-10-19)26(30(28,29)22-13-7-18(2)8-14-22)17-23(27)25-16-20-6-4-5-15-24-20/h4-15H,3,16-17H2,1-2H3,(H,25,27). The number of rotatable bonds is 8. The third kappa shape index (κ3) is 5.24. The molecule has 0 spiro atoms. The van der Waals surface area contributed by atoms with Crippen molar-refractivity contribution in [3.05, 3.63) is 89.7 Å². The van der Waals surface area contributed by atoms with Crippen LogP contribution >= 0.6 is 0 Å². The summed E-state index contributed by atoms with van der Waals surface area (Å²) in [7, 11) is -3.91. The fourth-order valence-electron chi connectivity index (χ4n) is 2.93. The summed E-state index contributed by atoms with van der Waals surface area (Å²) >= 11 is 0. The van der Waals surface area contributed by atoms with Gasteiger partial charge in [0.2, 0.25) is 5.91 Å². The third-order valence-corrected chi connectivity index (χ3v) is 6.51. The molecule has 0 saturated carbocycles. The smallest absolute Gasteiger partial charge is 0.264 e. The molecule has 1 heterocycles. The van der Waals surface area contributed by atoms with Gasteiger partial charge in [-0.05, 0) is 55.3 Å². The van der Waals surface area contributed by atoms with E-state index in [1.54, 1.807) is 54.7 Å². The second-order valence-electron chi connectivity index (χ2n) is 6.94. The minimum absolute atomic E-state index is 0.144. The summed E-state index contributed by atoms with van der Waals surface area (Å²) in [4.78, 5) is 16.9. The molecule has 0 atom stereocenters. The van der Waals surface area contributed by atoms with E-state index in [9.17, 15) is 13.2 Å². The first-order valence-electron chi connectivity index (χ1n) is 9.75. The van der Waals surface area contributed by atoms with Crippen molar-refractivity contribution in [2.45, 2.75) is 31.7 Å². The largest absolute Gasteiger partial charge is 0.349 e. The van der Waals surface area contributed by atoms with Crippen molar-refractivity contribution < 1.29 is 13.2 Å². The topological polar surface area (TPSA) is 79.4 Å². The summed E-state index contributed by atoms with van der Waals surface area (Å²) in [6, 6.07) is 19.2. The molecule has 7 heteroatoms. The summed E-state index contributed by atoms with van der Waals surface area (Å²) < 4.78 is 27.8. The van der Waals surface area contributed by atoms with E-state index in [2.05, 4.69) is 10.3 Å². The molecule has 0 aliphatic rings. The first-order valence-corrected chi connectivity index (χ1v) is 11.2. The highest BCUT2D eigenvalue weighted by Crippen LogP contribution is 2.24. The third-order valence-electron chi connectivity index (χ3n) is 4.72. The van der Waals surface area contributed by atoms with Gasteiger partial charge in [0.1, 0.15) is 6.54 Å². The van der Waals surface area contributed by atoms with E-state index >= 15 is 0 Å². The maximum atomic E-state index is 13.3. The van der Waals surface area contributed by atoms with E-state index in [-0.39, 0.29) is 18.0 Å². The van der Waals surface area contributed by atoms with Gasteiger partial charge in [-0.1, -0.05) is 42.8 Å². The molecule has 30 heavy (non-hydrogen) atoms. The number of aryl methyl sites for hydroxylation is 2. The lowest BCUT2D eigenvalue weighted by atomic mass is 10.1. The molecule has 1 N–H and O–H groups in total. The molecular weight excluding hydrogens is 398 g/mol. The summed E-state index contributed by atoms with van der Waals surface area (Å²) in [6.07, 6.45) is 2.49. The molecule has 156 valence electrons. The van der Waals surface area contributed by atoms with Gasteiger partial charge in [0, 0.05) is 6.20 Å². The summed E-state index contributed by atoms with van der Waals surface area (Å²) in [6.45, 7) is 3.82. The van der Waals surface area contributed by atoms with Crippen LogP contribution in [0.25, 0.3) is 0 Å². The first kappa shape index (κ1) is 21.5. The second-order valence-corrected chi connectivity index (χ2v) is 8.80. The van der Waals surface area contributed by atoms with Crippen molar-refractivity contribution in [1.29, 1.82) is 0 Å². The zero-order chi connectivity index (χ0) is 21.6. The van der Waals surface area contributed by atoms with Gasteiger partial charge in [0.15, 0.2) is 0 Å². The molecule has 1 aromatic heterocycles. The molecule has 0 saturated heterocycles. The Bertz CT molecular complexity index is 1080. The summed E-state index contributed by atoms with van der Waals surface area (Å²) in [5.41, 5.74) is 3.19. The van der Waals surface area contributed by atoms with Gasteiger partial charge < -0.3 is 5.32 Å². The van der Waals surface area contributed by atoms with Crippen LogP contribution in [0.1, 0.15) is 23.7 Å². The van der Waals surface area contributed by atoms with Gasteiger partial charge in [-0.2, -0.15) is 0 Å². The Morgan fingerprint density at radius 2 is 1.70 bits per heavy atom. The molecule has 0 radical (unpaired) electrons. The number of aromatic nitrogens is 1. The lowest BCUT2D eigenvalue weighted by Gasteiger charge is -2.24. The van der Waals surface area contributed by atoms with Crippen molar-refractivity contribution in [2.24, 2.45) is 0 Å². The molecular formula is C23H25N3O3S. The van der Waals surface area contributed by atoms with Crippen LogP contribution in [0.4, 0.5) is 5.69 Å². The average Bonchev–Trinajstić information content (AvgIpc) is 2.77. The number of sulfonamides is 1. The summed E-state index contributed by atoms with van der Waals surface area (Å²) in [5.74, 6) is -0.407. The van der Waals surface area contributed by atoms with Gasteiger partial charge in [-0.25, -0.2) is 8.42 Å². The van der Waals surface area contributed by atoms with Gasteiger partial charge in [0.05, 0.1) is 22.8 Å². The predicted octanol–water partition coefficient (Wildman–Crippen LogP) is 3.46. The van der Waals surface area contributed by atoms with Crippen LogP contribution in [0.5, 0.6) is 0 Å². The van der Waals surface area contributed by atoms with E-state index in [0.717, 1.165) is 21.9 Å². The Balaban J connectivity index is 1.86. The molecule has 0 fully saturated rings. The average molecular weight is 424 g/mol. The maximum absolute atomic E-state index is 13.3. The van der Waals surface area contributed by atoms with Crippen LogP contribution in [-0.2, 0) is 27.8 Å². The minimum Gasteiger partial charge on any atom is -0.349 e. The number of benzene rings is 2. The van der Waals surface area contributed by atoms with Crippen LogP contribution in [0.15, 0.2) is 77.8 Å². The molecule has 0 aliphatic carbocycles. The number of hydrogen-bond donors (Lipinski definition) is 1. The Labute approximate surface area is 177 Å². The van der Waals surface area contributed by atoms with Crippen LogP contribution in [0, 0.1) is 6.92 Å². The summed E-state index contributed by atoms with van der Waals surface area (Å²) in [5, 5.41) is 2.75. The van der Waals surface area contributed by atoms with E-state index in [1.807, 2.05) is 32.0 Å². The van der Waals surface area contributed by atoms with Crippen LogP contribution in [-0.4, -0.2) is 25.9 Å². The number of pyridine rings is 1. The van der Waals surface area contributed by atoms with E-state index < -0.39 is 15.9 Å². The number of nitrogens with one attached hydrogen (secondary N) is 1. The molecule has 0 unspecified atom stereocenters. The highest BCUT2D eigenvalue weighted by atomic mass is 32.2. The van der Waals surface area contributed by atoms with Crippen molar-refractivity contribution in [3.63, 3.8) is 0 Å². The zero-order valence-electron chi connectivity index (χ0n) is 17.1. The predicted molar refractivity (Wildman–Crippen MR) is 118 cm³/mol. The zero-order valence-corrected chi connectivity index (χ0v) is 17.9. The Kier molecular flexibility index (Phi) is 6.84. The fourth-order valence-corrected chi connectivity index (χ4v) is 4.35. The quantitative estimate of drug-likeness (QED) is 0.602. The highest BCUT2D eigenvalue weighted by Gasteiger charge is 2.27. The second kappa shape index (κ2) is 9.54. The maximum Gasteiger partial charge on any atom is 0.264 e. The molecule has 3 aromatic rings. The van der Waals surface area contributed by atoms with Crippen molar-refractivity contribution in [2.75, 3.05) is 10.8 Å². The number of nitrogens with zero attached hydrogens (tertiary/aromatic N) is 2. The molecule has 3 rings (SSSR count). The first-order chi connectivity index (χ1) is 14.4. The number of hydrogen-bond acceptors (Lipinski definition) is 4. The lowest BCUT2D eigenvalue weighted by molar-refractivity contribution is -0.119. The molecule has 0 aliphatic heterocycles. The van der Waals surface area contributed by atoms with Gasteiger partial charge in [0.25, 0.3) is 10.0 Å². The Morgan fingerprint density at radius 3 is 2.30 bits per heavy atom.